The van der Waals surface area contributed by atoms with E-state index < -0.39 is 11.5 Å². The van der Waals surface area contributed by atoms with E-state index in [1.807, 2.05) is 0 Å². The van der Waals surface area contributed by atoms with Crippen LogP contribution in [-0.2, 0) is 16.0 Å². The molecule has 0 fully saturated rings. The van der Waals surface area contributed by atoms with E-state index in [0.717, 1.165) is 5.69 Å². The molecule has 1 rings (SSSR count). The molecule has 5 nitrogen and oxygen atoms in total. The fourth-order valence-electron chi connectivity index (χ4n) is 1.39. The molecule has 0 saturated carbocycles. The zero-order valence-corrected chi connectivity index (χ0v) is 10.8. The number of aromatic amines is 1. The number of ketones is 1. The van der Waals surface area contributed by atoms with Gasteiger partial charge >= 0.3 is 0 Å². The Bertz CT molecular complexity index is 401. The smallest absolute Gasteiger partial charge is 0.191 e. The first-order chi connectivity index (χ1) is 7.83. The highest BCUT2D eigenvalue weighted by atomic mass is 32.1. The molecule has 0 spiro atoms. The van der Waals surface area contributed by atoms with Gasteiger partial charge in [-0.3, -0.25) is 9.59 Å². The molecule has 0 aliphatic heterocycles. The van der Waals surface area contributed by atoms with Crippen LogP contribution in [0.1, 0.15) is 26.0 Å². The zero-order valence-electron chi connectivity index (χ0n) is 9.93. The molecule has 1 atom stereocenters. The number of carbonyl (C=O) groups is 2. The lowest BCUT2D eigenvalue weighted by Gasteiger charge is -2.21. The van der Waals surface area contributed by atoms with Crippen molar-refractivity contribution in [2.75, 3.05) is 0 Å². The standard InChI is InChI=1S/C11H17N3O2S/c1-11(2,10(16)17)4-9(15)8(12)3-7-5-13-6-14-7/h5-6,8H,3-4,12H2,1-2H3,(H,13,14)(H,16,17)/t8-/m0/s1. The molecule has 0 unspecified atom stereocenters. The second-order valence-corrected chi connectivity index (χ2v) is 5.13. The van der Waals surface area contributed by atoms with Crippen LogP contribution in [0.2, 0.25) is 0 Å². The van der Waals surface area contributed by atoms with Gasteiger partial charge in [-0.25, -0.2) is 4.98 Å². The molecule has 0 aliphatic carbocycles. The number of hydrogen-bond donors (Lipinski definition) is 3. The van der Waals surface area contributed by atoms with Crippen molar-refractivity contribution in [3.8, 4) is 0 Å². The monoisotopic (exact) mass is 255 g/mol. The molecule has 0 saturated heterocycles. The lowest BCUT2D eigenvalue weighted by Crippen LogP contribution is -2.37. The quantitative estimate of drug-likeness (QED) is 0.653. The normalized spacial score (nSPS) is 13.4. The summed E-state index contributed by atoms with van der Waals surface area (Å²) < 4.78 is 0. The number of carbonyl (C=O) groups excluding carboxylic acids is 2. The largest absolute Gasteiger partial charge is 0.348 e. The van der Waals surface area contributed by atoms with Crippen LogP contribution in [0.3, 0.4) is 0 Å². The van der Waals surface area contributed by atoms with E-state index in [-0.39, 0.29) is 17.3 Å². The van der Waals surface area contributed by atoms with Crippen LogP contribution < -0.4 is 5.73 Å². The molecule has 17 heavy (non-hydrogen) atoms. The number of aromatic nitrogens is 2. The molecule has 0 radical (unpaired) electrons. The predicted molar refractivity (Wildman–Crippen MR) is 67.7 cm³/mol. The Morgan fingerprint density at radius 2 is 2.24 bits per heavy atom. The summed E-state index contributed by atoms with van der Waals surface area (Å²) in [5, 5.41) is -0.306. The first-order valence-corrected chi connectivity index (χ1v) is 5.76. The average molecular weight is 255 g/mol. The first-order valence-electron chi connectivity index (χ1n) is 5.32. The van der Waals surface area contributed by atoms with Gasteiger partial charge in [-0.05, 0) is 0 Å². The van der Waals surface area contributed by atoms with Gasteiger partial charge < -0.3 is 10.7 Å². The average Bonchev–Trinajstić information content (AvgIpc) is 2.69. The molecule has 3 N–H and O–H groups in total. The van der Waals surface area contributed by atoms with E-state index in [0.29, 0.717) is 6.42 Å². The molecule has 0 aliphatic rings. The summed E-state index contributed by atoms with van der Waals surface area (Å²) in [6.45, 7) is 3.37. The highest BCUT2D eigenvalue weighted by Gasteiger charge is 2.30. The van der Waals surface area contributed by atoms with Crippen molar-refractivity contribution in [1.82, 2.24) is 9.97 Å². The van der Waals surface area contributed by atoms with Crippen LogP contribution in [0.25, 0.3) is 0 Å². The zero-order chi connectivity index (χ0) is 13.1. The van der Waals surface area contributed by atoms with Crippen molar-refractivity contribution < 1.29 is 9.59 Å². The molecule has 94 valence electrons. The van der Waals surface area contributed by atoms with Crippen LogP contribution in [-0.4, -0.2) is 26.9 Å². The third-order valence-electron chi connectivity index (χ3n) is 2.60. The topological polar surface area (TPSA) is 88.8 Å². The molecule has 1 heterocycles. The van der Waals surface area contributed by atoms with Crippen LogP contribution in [0, 0.1) is 5.41 Å². The van der Waals surface area contributed by atoms with Crippen molar-refractivity contribution in [3.63, 3.8) is 0 Å². The van der Waals surface area contributed by atoms with E-state index in [1.165, 1.54) is 6.33 Å². The van der Waals surface area contributed by atoms with E-state index in [1.54, 1.807) is 20.0 Å². The van der Waals surface area contributed by atoms with E-state index in [2.05, 4.69) is 22.6 Å². The number of nitrogens with zero attached hydrogens (tertiary/aromatic N) is 1. The van der Waals surface area contributed by atoms with Gasteiger partial charge in [-0.15, -0.1) is 12.6 Å². The third-order valence-corrected chi connectivity index (χ3v) is 3.21. The summed E-state index contributed by atoms with van der Waals surface area (Å²) >= 11 is 3.76. The van der Waals surface area contributed by atoms with E-state index >= 15 is 0 Å². The number of rotatable bonds is 6. The Morgan fingerprint density at radius 1 is 1.59 bits per heavy atom. The van der Waals surface area contributed by atoms with Crippen LogP contribution >= 0.6 is 12.6 Å². The molecule has 0 bridgehead atoms. The highest BCUT2D eigenvalue weighted by molar-refractivity contribution is 7.96. The third kappa shape index (κ3) is 3.98. The van der Waals surface area contributed by atoms with Crippen LogP contribution in [0.15, 0.2) is 12.5 Å². The maximum Gasteiger partial charge on any atom is 0.191 e. The van der Waals surface area contributed by atoms with Gasteiger partial charge in [0.15, 0.2) is 10.9 Å². The van der Waals surface area contributed by atoms with Crippen molar-refractivity contribution in [2.24, 2.45) is 11.1 Å². The van der Waals surface area contributed by atoms with Gasteiger partial charge in [0.25, 0.3) is 0 Å². The Morgan fingerprint density at radius 3 is 2.71 bits per heavy atom. The minimum absolute atomic E-state index is 0.102. The minimum atomic E-state index is -0.772. The molecule has 1 aromatic rings. The fraction of sp³-hybridized carbons (Fsp3) is 0.545. The summed E-state index contributed by atoms with van der Waals surface area (Å²) in [6, 6.07) is -0.623. The Balaban J connectivity index is 2.56. The first kappa shape index (κ1) is 13.9. The van der Waals surface area contributed by atoms with Crippen LogP contribution in [0.5, 0.6) is 0 Å². The molecule has 0 amide bonds. The summed E-state index contributed by atoms with van der Waals surface area (Å²) in [5.74, 6) is -0.146. The number of imidazole rings is 1. The summed E-state index contributed by atoms with van der Waals surface area (Å²) in [6.07, 6.45) is 3.66. The van der Waals surface area contributed by atoms with Gasteiger partial charge in [-0.2, -0.15) is 0 Å². The fourth-order valence-corrected chi connectivity index (χ4v) is 1.47. The lowest BCUT2D eigenvalue weighted by molar-refractivity contribution is -0.127. The number of H-pyrrole nitrogens is 1. The Hall–Kier alpha value is -1.14. The molecule has 1 aromatic heterocycles. The van der Waals surface area contributed by atoms with Gasteiger partial charge in [0, 0.05) is 30.1 Å². The lowest BCUT2D eigenvalue weighted by atomic mass is 9.86. The van der Waals surface area contributed by atoms with Gasteiger partial charge in [0.2, 0.25) is 0 Å². The molecular formula is C11H17N3O2S. The maximum absolute atomic E-state index is 11.8. The van der Waals surface area contributed by atoms with Gasteiger partial charge in [0.05, 0.1) is 12.4 Å². The second-order valence-electron chi connectivity index (χ2n) is 4.72. The number of Topliss-reactive ketones (excluding diaryl/α,β-unsaturated/α-hetero) is 1. The molecular weight excluding hydrogens is 238 g/mol. The van der Waals surface area contributed by atoms with Gasteiger partial charge in [0.1, 0.15) is 0 Å². The SMILES string of the molecule is CC(C)(CC(=O)[C@@H](N)Cc1cnc[nH]1)C(=O)S. The van der Waals surface area contributed by atoms with E-state index in [9.17, 15) is 9.59 Å². The Labute approximate surface area is 106 Å². The maximum atomic E-state index is 11.8. The summed E-state index contributed by atoms with van der Waals surface area (Å²) in [4.78, 5) is 29.8. The number of thiol groups is 1. The number of hydrogen-bond acceptors (Lipinski definition) is 4. The van der Waals surface area contributed by atoms with Crippen molar-refractivity contribution >= 4 is 23.5 Å². The van der Waals surface area contributed by atoms with Crippen molar-refractivity contribution in [2.45, 2.75) is 32.7 Å². The number of nitrogens with one attached hydrogen (secondary N) is 1. The second kappa shape index (κ2) is 5.46. The summed E-state index contributed by atoms with van der Waals surface area (Å²) in [5.41, 5.74) is 5.82. The summed E-state index contributed by atoms with van der Waals surface area (Å²) in [7, 11) is 0. The van der Waals surface area contributed by atoms with Crippen molar-refractivity contribution in [1.29, 1.82) is 0 Å². The highest BCUT2D eigenvalue weighted by Crippen LogP contribution is 2.24. The minimum Gasteiger partial charge on any atom is -0.348 e. The van der Waals surface area contributed by atoms with Crippen LogP contribution in [0.4, 0.5) is 0 Å². The number of nitrogens with two attached hydrogens (primary N) is 1. The predicted octanol–water partition coefficient (Wildman–Crippen LogP) is 0.721. The molecule has 6 heteroatoms. The van der Waals surface area contributed by atoms with Gasteiger partial charge in [-0.1, -0.05) is 13.8 Å². The van der Waals surface area contributed by atoms with E-state index in [4.69, 9.17) is 5.73 Å². The van der Waals surface area contributed by atoms with Crippen molar-refractivity contribution in [3.05, 3.63) is 18.2 Å². The molecule has 0 aromatic carbocycles. The Kier molecular flexibility index (Phi) is 4.47.